The van der Waals surface area contributed by atoms with Gasteiger partial charge in [0.1, 0.15) is 5.69 Å². The molecule has 0 aliphatic carbocycles. The maximum Gasteiger partial charge on any atom is 0.290 e. The van der Waals surface area contributed by atoms with Crippen molar-refractivity contribution in [2.75, 3.05) is 6.54 Å². The van der Waals surface area contributed by atoms with Gasteiger partial charge in [-0.05, 0) is 18.6 Å². The number of fused-ring (bicyclic) bond motifs is 1. The van der Waals surface area contributed by atoms with Crippen LogP contribution in [-0.4, -0.2) is 42.6 Å². The molecule has 0 saturated carbocycles. The zero-order valence-corrected chi connectivity index (χ0v) is 15.7. The first kappa shape index (κ1) is 18.0. The van der Waals surface area contributed by atoms with Crippen molar-refractivity contribution in [1.82, 2.24) is 29.5 Å². The number of aromatic nitrogens is 4. The summed E-state index contributed by atoms with van der Waals surface area (Å²) < 4.78 is 3.56. The average molecular weight is 378 g/mol. The molecule has 0 bridgehead atoms. The summed E-state index contributed by atoms with van der Waals surface area (Å²) in [6.07, 6.45) is 3.60. The summed E-state index contributed by atoms with van der Waals surface area (Å²) in [6.45, 7) is 4.82. The van der Waals surface area contributed by atoms with E-state index in [4.69, 9.17) is 0 Å². The van der Waals surface area contributed by atoms with Crippen LogP contribution in [0.15, 0.2) is 48.8 Å². The number of aryl methyl sites for hydroxylation is 1. The fraction of sp³-hybridized carbons (Fsp3) is 0.300. The molecule has 0 fully saturated rings. The standard InChI is InChI=1S/C20H22N6O2/c1-2-26-9-8-17(23-26)19(27)21-12-16-14-24-10-11-25(20(28)18(24)22-16)13-15-6-4-3-5-7-15/h3-9,14H,2,10-13H2,1H3,(H,21,27). The summed E-state index contributed by atoms with van der Waals surface area (Å²) in [7, 11) is 0. The van der Waals surface area contributed by atoms with Gasteiger partial charge in [0.25, 0.3) is 11.8 Å². The predicted octanol–water partition coefficient (Wildman–Crippen LogP) is 1.69. The van der Waals surface area contributed by atoms with E-state index >= 15 is 0 Å². The summed E-state index contributed by atoms with van der Waals surface area (Å²) in [4.78, 5) is 31.2. The topological polar surface area (TPSA) is 85.0 Å². The second kappa shape index (κ2) is 7.67. The molecule has 0 unspecified atom stereocenters. The zero-order valence-electron chi connectivity index (χ0n) is 15.7. The van der Waals surface area contributed by atoms with Crippen LogP contribution < -0.4 is 5.32 Å². The number of nitrogens with zero attached hydrogens (tertiary/aromatic N) is 5. The van der Waals surface area contributed by atoms with Crippen molar-refractivity contribution >= 4 is 11.8 Å². The molecule has 1 aliphatic heterocycles. The summed E-state index contributed by atoms with van der Waals surface area (Å²) >= 11 is 0. The molecule has 0 saturated heterocycles. The molecular formula is C20H22N6O2. The molecule has 2 aromatic heterocycles. The number of imidazole rings is 1. The van der Waals surface area contributed by atoms with Gasteiger partial charge in [-0.15, -0.1) is 0 Å². The molecule has 1 aromatic carbocycles. The number of benzene rings is 1. The number of hydrogen-bond acceptors (Lipinski definition) is 4. The third-order valence-electron chi connectivity index (χ3n) is 4.76. The Balaban J connectivity index is 1.40. The van der Waals surface area contributed by atoms with Gasteiger partial charge >= 0.3 is 0 Å². The van der Waals surface area contributed by atoms with Crippen LogP contribution in [0, 0.1) is 0 Å². The number of carbonyl (C=O) groups excluding carboxylic acids is 2. The van der Waals surface area contributed by atoms with Crippen LogP contribution in [0.5, 0.6) is 0 Å². The number of amides is 2. The van der Waals surface area contributed by atoms with E-state index in [1.807, 2.05) is 48.0 Å². The van der Waals surface area contributed by atoms with E-state index < -0.39 is 0 Å². The maximum atomic E-state index is 12.8. The van der Waals surface area contributed by atoms with Gasteiger partial charge < -0.3 is 14.8 Å². The third-order valence-corrected chi connectivity index (χ3v) is 4.76. The van der Waals surface area contributed by atoms with Gasteiger partial charge in [0.2, 0.25) is 0 Å². The lowest BCUT2D eigenvalue weighted by molar-refractivity contribution is 0.0683. The summed E-state index contributed by atoms with van der Waals surface area (Å²) in [5, 5.41) is 7.00. The van der Waals surface area contributed by atoms with Crippen molar-refractivity contribution in [2.24, 2.45) is 0 Å². The quantitative estimate of drug-likeness (QED) is 0.707. The molecule has 1 aliphatic rings. The highest BCUT2D eigenvalue weighted by molar-refractivity contribution is 5.92. The Kier molecular flexibility index (Phi) is 4.92. The molecule has 8 nitrogen and oxygen atoms in total. The zero-order chi connectivity index (χ0) is 19.5. The van der Waals surface area contributed by atoms with Crippen LogP contribution >= 0.6 is 0 Å². The maximum absolute atomic E-state index is 12.8. The third kappa shape index (κ3) is 3.66. The van der Waals surface area contributed by atoms with E-state index in [1.54, 1.807) is 21.8 Å². The Morgan fingerprint density at radius 1 is 1.18 bits per heavy atom. The number of rotatable bonds is 6. The van der Waals surface area contributed by atoms with Crippen molar-refractivity contribution in [2.45, 2.75) is 33.1 Å². The van der Waals surface area contributed by atoms with Crippen LogP contribution in [0.2, 0.25) is 0 Å². The Bertz CT molecular complexity index is 991. The van der Waals surface area contributed by atoms with Gasteiger partial charge in [-0.3, -0.25) is 14.3 Å². The molecule has 3 aromatic rings. The Morgan fingerprint density at radius 3 is 2.75 bits per heavy atom. The molecule has 0 spiro atoms. The van der Waals surface area contributed by atoms with Gasteiger partial charge in [0.15, 0.2) is 5.82 Å². The van der Waals surface area contributed by atoms with Gasteiger partial charge in [-0.25, -0.2) is 4.98 Å². The van der Waals surface area contributed by atoms with Crippen molar-refractivity contribution in [3.05, 3.63) is 71.6 Å². The highest BCUT2D eigenvalue weighted by Gasteiger charge is 2.27. The normalized spacial score (nSPS) is 13.5. The van der Waals surface area contributed by atoms with E-state index in [1.165, 1.54) is 0 Å². The van der Waals surface area contributed by atoms with E-state index in [0.29, 0.717) is 43.4 Å². The van der Waals surface area contributed by atoms with E-state index in [2.05, 4.69) is 15.4 Å². The average Bonchev–Trinajstić information content (AvgIpc) is 3.36. The van der Waals surface area contributed by atoms with Gasteiger partial charge in [-0.1, -0.05) is 30.3 Å². The predicted molar refractivity (Wildman–Crippen MR) is 102 cm³/mol. The lowest BCUT2D eigenvalue weighted by Gasteiger charge is -2.27. The number of carbonyl (C=O) groups is 2. The smallest absolute Gasteiger partial charge is 0.290 e. The Labute approximate surface area is 162 Å². The minimum Gasteiger partial charge on any atom is -0.345 e. The van der Waals surface area contributed by atoms with Gasteiger partial charge in [0.05, 0.1) is 12.2 Å². The SMILES string of the molecule is CCn1ccc(C(=O)NCc2cn3c(n2)C(=O)N(Cc2ccccc2)CC3)n1. The van der Waals surface area contributed by atoms with Gasteiger partial charge in [0, 0.05) is 38.6 Å². The molecule has 2 amide bonds. The van der Waals surface area contributed by atoms with E-state index in [0.717, 1.165) is 5.56 Å². The van der Waals surface area contributed by atoms with Crippen LogP contribution in [-0.2, 0) is 26.2 Å². The first-order chi connectivity index (χ1) is 13.6. The fourth-order valence-electron chi connectivity index (χ4n) is 3.24. The largest absolute Gasteiger partial charge is 0.345 e. The molecule has 4 rings (SSSR count). The van der Waals surface area contributed by atoms with Crippen LogP contribution in [0.3, 0.4) is 0 Å². The second-order valence-corrected chi connectivity index (χ2v) is 6.70. The van der Waals surface area contributed by atoms with Crippen molar-refractivity contribution in [3.8, 4) is 0 Å². The number of hydrogen-bond donors (Lipinski definition) is 1. The molecular weight excluding hydrogens is 356 g/mol. The molecule has 144 valence electrons. The van der Waals surface area contributed by atoms with E-state index in [9.17, 15) is 9.59 Å². The summed E-state index contributed by atoms with van der Waals surface area (Å²) in [6, 6.07) is 11.6. The molecule has 8 heteroatoms. The van der Waals surface area contributed by atoms with Gasteiger partial charge in [-0.2, -0.15) is 5.10 Å². The molecule has 1 N–H and O–H groups in total. The van der Waals surface area contributed by atoms with Crippen LogP contribution in [0.4, 0.5) is 0 Å². The Hall–Kier alpha value is -3.42. The molecule has 0 atom stereocenters. The minimum atomic E-state index is -0.254. The monoisotopic (exact) mass is 378 g/mol. The van der Waals surface area contributed by atoms with Crippen molar-refractivity contribution < 1.29 is 9.59 Å². The molecule has 28 heavy (non-hydrogen) atoms. The molecule has 0 radical (unpaired) electrons. The van der Waals surface area contributed by atoms with Crippen molar-refractivity contribution in [1.29, 1.82) is 0 Å². The Morgan fingerprint density at radius 2 is 2.00 bits per heavy atom. The highest BCUT2D eigenvalue weighted by atomic mass is 16.2. The van der Waals surface area contributed by atoms with Crippen LogP contribution in [0.25, 0.3) is 0 Å². The highest BCUT2D eigenvalue weighted by Crippen LogP contribution is 2.16. The summed E-state index contributed by atoms with van der Waals surface area (Å²) in [5.41, 5.74) is 2.12. The van der Waals surface area contributed by atoms with Crippen molar-refractivity contribution in [3.63, 3.8) is 0 Å². The van der Waals surface area contributed by atoms with Crippen LogP contribution in [0.1, 0.15) is 39.3 Å². The molecule has 3 heterocycles. The first-order valence-electron chi connectivity index (χ1n) is 9.35. The lowest BCUT2D eigenvalue weighted by atomic mass is 10.2. The minimum absolute atomic E-state index is 0.0885. The lowest BCUT2D eigenvalue weighted by Crippen LogP contribution is -2.39. The fourth-order valence-corrected chi connectivity index (χ4v) is 3.24. The summed E-state index contributed by atoms with van der Waals surface area (Å²) in [5.74, 6) is 0.0752. The first-order valence-corrected chi connectivity index (χ1v) is 9.35. The number of nitrogens with one attached hydrogen (secondary N) is 1. The van der Waals surface area contributed by atoms with E-state index in [-0.39, 0.29) is 18.4 Å². The second-order valence-electron chi connectivity index (χ2n) is 6.70.